The van der Waals surface area contributed by atoms with Gasteiger partial charge in [0, 0.05) is 0 Å². The number of carbonyl (C=O) groups excluding carboxylic acids is 1. The number of hydrogen-bond acceptors (Lipinski definition) is 4. The van der Waals surface area contributed by atoms with Crippen LogP contribution in [0.25, 0.3) is 0 Å². The minimum atomic E-state index is -1.07. The van der Waals surface area contributed by atoms with E-state index in [0.29, 0.717) is 12.8 Å². The lowest BCUT2D eigenvalue weighted by atomic mass is 10.0. The molecular weight excluding hydrogens is 546 g/mol. The Morgan fingerprint density at radius 3 is 1.02 bits per heavy atom. The van der Waals surface area contributed by atoms with Crippen LogP contribution < -0.4 is 5.32 Å². The summed E-state index contributed by atoms with van der Waals surface area (Å²) in [7, 11) is 0. The van der Waals surface area contributed by atoms with Gasteiger partial charge in [0.15, 0.2) is 0 Å². The average Bonchev–Trinajstić information content (AvgIpc) is 3.03. The highest BCUT2D eigenvalue weighted by atomic mass is 16.3. The summed E-state index contributed by atoms with van der Waals surface area (Å²) in [6.45, 7) is 4.23. The minimum Gasteiger partial charge on any atom is -0.394 e. The van der Waals surface area contributed by atoms with Crippen LogP contribution in [0.2, 0.25) is 0 Å². The molecule has 0 aliphatic rings. The van der Waals surface area contributed by atoms with Crippen molar-refractivity contribution in [2.75, 3.05) is 6.61 Å². The predicted octanol–water partition coefficient (Wildman–Crippen LogP) is 10.7. The molecule has 0 bridgehead atoms. The Labute approximate surface area is 275 Å². The SMILES string of the molecule is CCCCCCCCCCCCCCCCCCCCC(O)C(CO)NC(=O)C(O)CCCCCCCCCCCCCC. The molecule has 44 heavy (non-hydrogen) atoms. The van der Waals surface area contributed by atoms with Gasteiger partial charge in [-0.3, -0.25) is 4.79 Å². The normalized spacial score (nSPS) is 13.7. The number of hydrogen-bond donors (Lipinski definition) is 4. The molecule has 0 spiro atoms. The van der Waals surface area contributed by atoms with Gasteiger partial charge in [0.2, 0.25) is 5.91 Å². The maximum Gasteiger partial charge on any atom is 0.249 e. The molecule has 5 nitrogen and oxygen atoms in total. The summed E-state index contributed by atoms with van der Waals surface area (Å²) in [6.07, 6.45) is 38.0. The van der Waals surface area contributed by atoms with Crippen LogP contribution in [0.15, 0.2) is 0 Å². The van der Waals surface area contributed by atoms with Crippen LogP contribution in [-0.4, -0.2) is 46.1 Å². The van der Waals surface area contributed by atoms with E-state index in [1.165, 1.54) is 161 Å². The molecule has 0 saturated heterocycles. The molecule has 0 rings (SSSR count). The molecule has 0 aromatic heterocycles. The van der Waals surface area contributed by atoms with E-state index in [1.54, 1.807) is 0 Å². The van der Waals surface area contributed by atoms with E-state index in [-0.39, 0.29) is 6.61 Å². The van der Waals surface area contributed by atoms with Crippen molar-refractivity contribution in [1.82, 2.24) is 5.32 Å². The molecule has 0 aliphatic carbocycles. The van der Waals surface area contributed by atoms with Crippen molar-refractivity contribution in [2.24, 2.45) is 0 Å². The Bertz CT molecular complexity index is 572. The van der Waals surface area contributed by atoms with Crippen LogP contribution in [0.3, 0.4) is 0 Å². The fraction of sp³-hybridized carbons (Fsp3) is 0.974. The Kier molecular flexibility index (Phi) is 34.7. The van der Waals surface area contributed by atoms with E-state index in [2.05, 4.69) is 19.2 Å². The number of aliphatic hydroxyl groups excluding tert-OH is 3. The van der Waals surface area contributed by atoms with Gasteiger partial charge >= 0.3 is 0 Å². The molecule has 0 saturated carbocycles. The predicted molar refractivity (Wildman–Crippen MR) is 190 cm³/mol. The van der Waals surface area contributed by atoms with Crippen molar-refractivity contribution in [3.05, 3.63) is 0 Å². The van der Waals surface area contributed by atoms with Crippen LogP contribution in [0.4, 0.5) is 0 Å². The zero-order valence-electron chi connectivity index (χ0n) is 29.8. The van der Waals surface area contributed by atoms with Gasteiger partial charge in [0.25, 0.3) is 0 Å². The molecule has 0 fully saturated rings. The third-order valence-corrected chi connectivity index (χ3v) is 9.48. The molecule has 3 unspecified atom stereocenters. The van der Waals surface area contributed by atoms with Gasteiger partial charge in [0.1, 0.15) is 6.10 Å². The molecule has 0 heterocycles. The van der Waals surface area contributed by atoms with E-state index in [0.717, 1.165) is 32.1 Å². The van der Waals surface area contributed by atoms with E-state index in [9.17, 15) is 20.1 Å². The Morgan fingerprint density at radius 1 is 0.455 bits per heavy atom. The van der Waals surface area contributed by atoms with Crippen molar-refractivity contribution >= 4 is 5.91 Å². The molecule has 0 aromatic carbocycles. The molecule has 0 aromatic rings. The summed E-state index contributed by atoms with van der Waals surface area (Å²) >= 11 is 0. The Hall–Kier alpha value is -0.650. The maximum absolute atomic E-state index is 12.4. The number of unbranched alkanes of at least 4 members (excludes halogenated alkanes) is 28. The van der Waals surface area contributed by atoms with E-state index < -0.39 is 24.2 Å². The van der Waals surface area contributed by atoms with Crippen LogP contribution in [0, 0.1) is 0 Å². The maximum atomic E-state index is 12.4. The lowest BCUT2D eigenvalue weighted by Gasteiger charge is -2.23. The van der Waals surface area contributed by atoms with E-state index in [4.69, 9.17) is 0 Å². The second-order valence-electron chi connectivity index (χ2n) is 13.9. The first kappa shape index (κ1) is 43.4. The molecule has 0 aliphatic heterocycles. The van der Waals surface area contributed by atoms with Crippen molar-refractivity contribution in [1.29, 1.82) is 0 Å². The van der Waals surface area contributed by atoms with Gasteiger partial charge in [-0.15, -0.1) is 0 Å². The number of nitrogens with one attached hydrogen (secondary N) is 1. The number of aliphatic hydroxyl groups is 3. The largest absolute Gasteiger partial charge is 0.394 e. The smallest absolute Gasteiger partial charge is 0.249 e. The third kappa shape index (κ3) is 30.0. The summed E-state index contributed by atoms with van der Waals surface area (Å²) < 4.78 is 0. The lowest BCUT2D eigenvalue weighted by Crippen LogP contribution is -2.49. The minimum absolute atomic E-state index is 0.308. The first-order chi connectivity index (χ1) is 21.6. The fourth-order valence-electron chi connectivity index (χ4n) is 6.31. The molecule has 3 atom stereocenters. The number of carbonyl (C=O) groups is 1. The molecule has 264 valence electrons. The van der Waals surface area contributed by atoms with Crippen LogP contribution in [0.5, 0.6) is 0 Å². The molecular formula is C39H79NO4. The van der Waals surface area contributed by atoms with Gasteiger partial charge < -0.3 is 20.6 Å². The Balaban J connectivity index is 3.61. The van der Waals surface area contributed by atoms with Crippen LogP contribution >= 0.6 is 0 Å². The standard InChI is InChI=1S/C39H79NO4/c1-3-5-7-9-11-13-15-17-18-19-20-21-22-24-25-27-29-31-33-37(42)36(35-41)40-39(44)38(43)34-32-30-28-26-23-16-14-12-10-8-6-4-2/h36-38,41-43H,3-35H2,1-2H3,(H,40,44). The van der Waals surface area contributed by atoms with Crippen LogP contribution in [0.1, 0.15) is 219 Å². The van der Waals surface area contributed by atoms with Crippen molar-refractivity contribution in [2.45, 2.75) is 238 Å². The molecule has 0 radical (unpaired) electrons. The zero-order chi connectivity index (χ0) is 32.4. The van der Waals surface area contributed by atoms with Gasteiger partial charge in [-0.1, -0.05) is 206 Å². The molecule has 4 N–H and O–H groups in total. The van der Waals surface area contributed by atoms with Gasteiger partial charge in [-0.05, 0) is 12.8 Å². The highest BCUT2D eigenvalue weighted by Crippen LogP contribution is 2.16. The molecule has 1 amide bonds. The van der Waals surface area contributed by atoms with Crippen molar-refractivity contribution in [3.8, 4) is 0 Å². The first-order valence-corrected chi connectivity index (χ1v) is 19.8. The zero-order valence-corrected chi connectivity index (χ0v) is 29.8. The Morgan fingerprint density at radius 2 is 0.727 bits per heavy atom. The highest BCUT2D eigenvalue weighted by Gasteiger charge is 2.23. The van der Waals surface area contributed by atoms with Crippen LogP contribution in [-0.2, 0) is 4.79 Å². The van der Waals surface area contributed by atoms with E-state index >= 15 is 0 Å². The first-order valence-electron chi connectivity index (χ1n) is 19.8. The lowest BCUT2D eigenvalue weighted by molar-refractivity contribution is -0.131. The number of rotatable bonds is 36. The monoisotopic (exact) mass is 626 g/mol. The second kappa shape index (κ2) is 35.2. The van der Waals surface area contributed by atoms with E-state index in [1.807, 2.05) is 0 Å². The third-order valence-electron chi connectivity index (χ3n) is 9.48. The van der Waals surface area contributed by atoms with Gasteiger partial charge in [-0.2, -0.15) is 0 Å². The summed E-state index contributed by atoms with van der Waals surface area (Å²) in [6, 6.07) is -0.704. The summed E-state index contributed by atoms with van der Waals surface area (Å²) in [5, 5.41) is 33.2. The average molecular weight is 626 g/mol. The summed E-state index contributed by atoms with van der Waals surface area (Å²) in [4.78, 5) is 12.4. The summed E-state index contributed by atoms with van der Waals surface area (Å²) in [5.74, 6) is -0.469. The van der Waals surface area contributed by atoms with Crippen molar-refractivity contribution in [3.63, 3.8) is 0 Å². The topological polar surface area (TPSA) is 89.8 Å². The van der Waals surface area contributed by atoms with Gasteiger partial charge in [-0.25, -0.2) is 0 Å². The summed E-state index contributed by atoms with van der Waals surface area (Å²) in [5.41, 5.74) is 0. The highest BCUT2D eigenvalue weighted by molar-refractivity contribution is 5.80. The molecule has 5 heteroatoms. The van der Waals surface area contributed by atoms with Crippen molar-refractivity contribution < 1.29 is 20.1 Å². The van der Waals surface area contributed by atoms with Gasteiger partial charge in [0.05, 0.1) is 18.8 Å². The number of amides is 1. The quantitative estimate of drug-likeness (QED) is 0.0521. The second-order valence-corrected chi connectivity index (χ2v) is 13.9. The fourth-order valence-corrected chi connectivity index (χ4v) is 6.31.